The summed E-state index contributed by atoms with van der Waals surface area (Å²) in [4.78, 5) is 47.2. The van der Waals surface area contributed by atoms with Gasteiger partial charge in [-0.15, -0.1) is 0 Å². The first-order valence-corrected chi connectivity index (χ1v) is 9.49. The van der Waals surface area contributed by atoms with Gasteiger partial charge < -0.3 is 5.32 Å². The van der Waals surface area contributed by atoms with Crippen LogP contribution in [-0.4, -0.2) is 31.2 Å². The molecule has 2 heterocycles. The Hall–Kier alpha value is -3.20. The molecule has 0 saturated heterocycles. The second kappa shape index (κ2) is 8.22. The van der Waals surface area contributed by atoms with Gasteiger partial charge in [-0.3, -0.25) is 14.6 Å². The van der Waals surface area contributed by atoms with E-state index in [2.05, 4.69) is 20.3 Å². The second-order valence-corrected chi connectivity index (χ2v) is 7.21. The minimum absolute atomic E-state index is 0.0395. The standard InChI is InChI=1S/C19H19N5O3S/c1-11-4-6-14(7-5-11)24-15(9-16(25)23-19(24)27)22-17(26)10-28-18-20-12(2)8-13(3)21-18/h4-9H,10H2,1-3H3,(H,22,26)(H,23,25,27). The number of nitrogens with zero attached hydrogens (tertiary/aromatic N) is 3. The molecular formula is C19H19N5O3S. The molecule has 0 fully saturated rings. The molecule has 0 radical (unpaired) electrons. The Balaban J connectivity index is 1.83. The van der Waals surface area contributed by atoms with Crippen LogP contribution >= 0.6 is 11.8 Å². The lowest BCUT2D eigenvalue weighted by atomic mass is 10.2. The number of carbonyl (C=O) groups excluding carboxylic acids is 1. The number of anilines is 1. The van der Waals surface area contributed by atoms with Crippen molar-refractivity contribution < 1.29 is 4.79 Å². The molecule has 0 bridgehead atoms. The van der Waals surface area contributed by atoms with Gasteiger partial charge in [-0.1, -0.05) is 29.5 Å². The van der Waals surface area contributed by atoms with E-state index in [1.165, 1.54) is 22.4 Å². The molecule has 3 rings (SSSR count). The highest BCUT2D eigenvalue weighted by molar-refractivity contribution is 7.99. The van der Waals surface area contributed by atoms with E-state index < -0.39 is 11.2 Å². The van der Waals surface area contributed by atoms with Crippen LogP contribution < -0.4 is 16.6 Å². The average molecular weight is 397 g/mol. The maximum absolute atomic E-state index is 12.4. The molecule has 28 heavy (non-hydrogen) atoms. The van der Waals surface area contributed by atoms with Crippen LogP contribution in [0.4, 0.5) is 5.82 Å². The molecule has 0 unspecified atom stereocenters. The van der Waals surface area contributed by atoms with Crippen LogP contribution in [0.15, 0.2) is 51.1 Å². The predicted molar refractivity (Wildman–Crippen MR) is 108 cm³/mol. The number of thioether (sulfide) groups is 1. The topological polar surface area (TPSA) is 110 Å². The van der Waals surface area contributed by atoms with Crippen molar-refractivity contribution in [2.75, 3.05) is 11.1 Å². The predicted octanol–water partition coefficient (Wildman–Crippen LogP) is 1.97. The lowest BCUT2D eigenvalue weighted by molar-refractivity contribution is -0.113. The van der Waals surface area contributed by atoms with Crippen molar-refractivity contribution in [1.29, 1.82) is 0 Å². The van der Waals surface area contributed by atoms with Crippen LogP contribution in [0, 0.1) is 20.8 Å². The summed E-state index contributed by atoms with van der Waals surface area (Å²) in [6, 6.07) is 10.2. The van der Waals surface area contributed by atoms with Crippen LogP contribution in [0.25, 0.3) is 5.69 Å². The molecule has 0 aliphatic carbocycles. The Labute approximate surface area is 165 Å². The SMILES string of the molecule is Cc1ccc(-n2c(NC(=O)CSc3nc(C)cc(C)n3)cc(=O)[nH]c2=O)cc1. The molecule has 9 heteroatoms. The fraction of sp³-hybridized carbons (Fsp3) is 0.211. The summed E-state index contributed by atoms with van der Waals surface area (Å²) in [6.07, 6.45) is 0. The van der Waals surface area contributed by atoms with E-state index in [1.54, 1.807) is 12.1 Å². The summed E-state index contributed by atoms with van der Waals surface area (Å²) in [5.74, 6) is -0.235. The normalized spacial score (nSPS) is 10.7. The molecule has 2 N–H and O–H groups in total. The molecule has 0 spiro atoms. The first-order valence-electron chi connectivity index (χ1n) is 8.50. The van der Waals surface area contributed by atoms with Gasteiger partial charge in [0.25, 0.3) is 5.56 Å². The highest BCUT2D eigenvalue weighted by Crippen LogP contribution is 2.16. The largest absolute Gasteiger partial charge is 0.334 e. The summed E-state index contributed by atoms with van der Waals surface area (Å²) >= 11 is 1.18. The van der Waals surface area contributed by atoms with Gasteiger partial charge in [-0.2, -0.15) is 0 Å². The average Bonchev–Trinajstić information content (AvgIpc) is 2.60. The number of rotatable bonds is 5. The Morgan fingerprint density at radius 2 is 1.71 bits per heavy atom. The van der Waals surface area contributed by atoms with Gasteiger partial charge in [0, 0.05) is 17.5 Å². The molecule has 0 saturated carbocycles. The maximum Gasteiger partial charge on any atom is 0.334 e. The summed E-state index contributed by atoms with van der Waals surface area (Å²) in [6.45, 7) is 5.64. The van der Waals surface area contributed by atoms with E-state index in [-0.39, 0.29) is 17.5 Å². The Kier molecular flexibility index (Phi) is 5.74. The van der Waals surface area contributed by atoms with E-state index in [0.29, 0.717) is 10.8 Å². The molecule has 3 aromatic rings. The number of nitrogens with one attached hydrogen (secondary N) is 2. The molecule has 0 aliphatic heterocycles. The zero-order valence-corrected chi connectivity index (χ0v) is 16.5. The third-order valence-corrected chi connectivity index (χ3v) is 4.64. The maximum atomic E-state index is 12.4. The minimum Gasteiger partial charge on any atom is -0.311 e. The third kappa shape index (κ3) is 4.74. The lowest BCUT2D eigenvalue weighted by Gasteiger charge is -2.13. The first-order chi connectivity index (χ1) is 13.3. The van der Waals surface area contributed by atoms with E-state index in [0.717, 1.165) is 17.0 Å². The van der Waals surface area contributed by atoms with E-state index in [9.17, 15) is 14.4 Å². The van der Waals surface area contributed by atoms with E-state index in [1.807, 2.05) is 39.0 Å². The summed E-state index contributed by atoms with van der Waals surface area (Å²) in [7, 11) is 0. The smallest absolute Gasteiger partial charge is 0.311 e. The van der Waals surface area contributed by atoms with E-state index >= 15 is 0 Å². The number of amides is 1. The van der Waals surface area contributed by atoms with Crippen molar-refractivity contribution in [3.63, 3.8) is 0 Å². The van der Waals surface area contributed by atoms with Gasteiger partial charge in [0.1, 0.15) is 5.82 Å². The van der Waals surface area contributed by atoms with Gasteiger partial charge >= 0.3 is 5.69 Å². The molecule has 144 valence electrons. The molecule has 1 aromatic carbocycles. The third-order valence-electron chi connectivity index (χ3n) is 3.80. The van der Waals surface area contributed by atoms with Crippen LogP contribution in [0.2, 0.25) is 0 Å². The Morgan fingerprint density at radius 3 is 2.36 bits per heavy atom. The number of H-pyrrole nitrogens is 1. The Morgan fingerprint density at radius 1 is 1.07 bits per heavy atom. The van der Waals surface area contributed by atoms with Gasteiger partial charge in [0.15, 0.2) is 5.16 Å². The Bertz CT molecular complexity index is 1120. The molecule has 0 aliphatic rings. The van der Waals surface area contributed by atoms with Crippen LogP contribution in [0.1, 0.15) is 17.0 Å². The fourth-order valence-electron chi connectivity index (χ4n) is 2.60. The quantitative estimate of drug-likeness (QED) is 0.503. The summed E-state index contributed by atoms with van der Waals surface area (Å²) in [5, 5.41) is 3.13. The number of carbonyl (C=O) groups is 1. The summed E-state index contributed by atoms with van der Waals surface area (Å²) < 4.78 is 1.25. The highest BCUT2D eigenvalue weighted by atomic mass is 32.2. The number of aryl methyl sites for hydroxylation is 3. The highest BCUT2D eigenvalue weighted by Gasteiger charge is 2.13. The number of aromatic amines is 1. The van der Waals surface area contributed by atoms with Crippen molar-refractivity contribution in [2.24, 2.45) is 0 Å². The molecule has 1 amide bonds. The number of hydrogen-bond donors (Lipinski definition) is 2. The van der Waals surface area contributed by atoms with Gasteiger partial charge in [0.05, 0.1) is 11.4 Å². The van der Waals surface area contributed by atoms with Crippen molar-refractivity contribution in [3.8, 4) is 5.69 Å². The molecular weight excluding hydrogens is 378 g/mol. The zero-order valence-electron chi connectivity index (χ0n) is 15.6. The number of hydrogen-bond acceptors (Lipinski definition) is 6. The molecule has 2 aromatic heterocycles. The molecule has 0 atom stereocenters. The fourth-order valence-corrected chi connectivity index (χ4v) is 3.35. The molecule has 8 nitrogen and oxygen atoms in total. The van der Waals surface area contributed by atoms with E-state index in [4.69, 9.17) is 0 Å². The monoisotopic (exact) mass is 397 g/mol. The van der Waals surface area contributed by atoms with Crippen molar-refractivity contribution >= 4 is 23.5 Å². The van der Waals surface area contributed by atoms with Gasteiger partial charge in [-0.25, -0.2) is 19.3 Å². The van der Waals surface area contributed by atoms with Crippen LogP contribution in [0.3, 0.4) is 0 Å². The minimum atomic E-state index is -0.628. The van der Waals surface area contributed by atoms with Crippen molar-refractivity contribution in [3.05, 3.63) is 74.2 Å². The second-order valence-electron chi connectivity index (χ2n) is 6.27. The van der Waals surface area contributed by atoms with Crippen molar-refractivity contribution in [2.45, 2.75) is 25.9 Å². The van der Waals surface area contributed by atoms with Crippen LogP contribution in [-0.2, 0) is 4.79 Å². The van der Waals surface area contributed by atoms with Crippen LogP contribution in [0.5, 0.6) is 0 Å². The lowest BCUT2D eigenvalue weighted by Crippen LogP contribution is -2.32. The first kappa shape index (κ1) is 19.6. The zero-order chi connectivity index (χ0) is 20.3. The summed E-state index contributed by atoms with van der Waals surface area (Å²) in [5.41, 5.74) is 1.98. The number of aromatic nitrogens is 4. The van der Waals surface area contributed by atoms with Crippen molar-refractivity contribution in [1.82, 2.24) is 19.5 Å². The van der Waals surface area contributed by atoms with Gasteiger partial charge in [0.2, 0.25) is 5.91 Å². The van der Waals surface area contributed by atoms with Gasteiger partial charge in [-0.05, 0) is 39.0 Å². The number of benzene rings is 1.